The molecule has 0 amide bonds. The molecule has 1 atom stereocenters. The van der Waals surface area contributed by atoms with Crippen molar-refractivity contribution in [1.29, 1.82) is 0 Å². The standard InChI is InChI=1S/C8H12N2/c1-4-8-7(3)9-5-6(2)10-8/h4,6H,1,5H2,2-3H3. The number of hydrogen-bond acceptors (Lipinski definition) is 2. The van der Waals surface area contributed by atoms with Gasteiger partial charge in [0.25, 0.3) is 0 Å². The van der Waals surface area contributed by atoms with Gasteiger partial charge < -0.3 is 0 Å². The fourth-order valence-electron chi connectivity index (χ4n) is 0.922. The Kier molecular flexibility index (Phi) is 2.00. The average molecular weight is 136 g/mol. The third kappa shape index (κ3) is 1.32. The summed E-state index contributed by atoms with van der Waals surface area (Å²) in [6.45, 7) is 8.50. The zero-order valence-corrected chi connectivity index (χ0v) is 6.46. The first-order chi connectivity index (χ1) is 4.74. The van der Waals surface area contributed by atoms with Gasteiger partial charge in [0.05, 0.1) is 24.0 Å². The summed E-state index contributed by atoms with van der Waals surface area (Å²) in [5, 5.41) is 0. The second-order valence-corrected chi connectivity index (χ2v) is 2.49. The Morgan fingerprint density at radius 3 is 2.90 bits per heavy atom. The molecule has 1 heterocycles. The van der Waals surface area contributed by atoms with Gasteiger partial charge in [-0.1, -0.05) is 6.58 Å². The molecular weight excluding hydrogens is 124 g/mol. The lowest BCUT2D eigenvalue weighted by Gasteiger charge is -2.12. The smallest absolute Gasteiger partial charge is 0.0779 e. The third-order valence-corrected chi connectivity index (χ3v) is 1.52. The molecule has 0 bridgehead atoms. The lowest BCUT2D eigenvalue weighted by molar-refractivity contribution is 0.749. The molecule has 1 unspecified atom stereocenters. The van der Waals surface area contributed by atoms with Crippen LogP contribution in [0.25, 0.3) is 0 Å². The Labute approximate surface area is 61.4 Å². The predicted molar refractivity (Wildman–Crippen MR) is 45.1 cm³/mol. The van der Waals surface area contributed by atoms with E-state index < -0.39 is 0 Å². The van der Waals surface area contributed by atoms with Crippen LogP contribution in [0, 0.1) is 0 Å². The maximum atomic E-state index is 4.35. The van der Waals surface area contributed by atoms with Crippen LogP contribution in [0.4, 0.5) is 0 Å². The highest BCUT2D eigenvalue weighted by atomic mass is 14.9. The zero-order valence-electron chi connectivity index (χ0n) is 6.46. The minimum atomic E-state index is 0.330. The molecule has 0 aromatic carbocycles. The molecule has 0 spiro atoms. The molecule has 0 saturated heterocycles. The predicted octanol–water partition coefficient (Wildman–Crippen LogP) is 1.48. The van der Waals surface area contributed by atoms with Crippen LogP contribution in [0.1, 0.15) is 13.8 Å². The quantitative estimate of drug-likeness (QED) is 0.521. The van der Waals surface area contributed by atoms with Gasteiger partial charge in [-0.2, -0.15) is 0 Å². The van der Waals surface area contributed by atoms with Crippen molar-refractivity contribution in [3.05, 3.63) is 12.7 Å². The molecular formula is C8H12N2. The Morgan fingerprint density at radius 2 is 2.40 bits per heavy atom. The van der Waals surface area contributed by atoms with Gasteiger partial charge >= 0.3 is 0 Å². The van der Waals surface area contributed by atoms with Crippen LogP contribution in [0.5, 0.6) is 0 Å². The van der Waals surface area contributed by atoms with E-state index in [-0.39, 0.29) is 0 Å². The highest BCUT2D eigenvalue weighted by Gasteiger charge is 2.08. The van der Waals surface area contributed by atoms with E-state index in [9.17, 15) is 0 Å². The molecule has 0 aromatic heterocycles. The Balaban J connectivity index is 2.83. The van der Waals surface area contributed by atoms with Crippen molar-refractivity contribution in [3.63, 3.8) is 0 Å². The molecule has 0 aliphatic carbocycles. The minimum absolute atomic E-state index is 0.330. The van der Waals surface area contributed by atoms with E-state index in [1.165, 1.54) is 0 Å². The monoisotopic (exact) mass is 136 g/mol. The van der Waals surface area contributed by atoms with Crippen LogP contribution in [-0.2, 0) is 0 Å². The average Bonchev–Trinajstić information content (AvgIpc) is 1.94. The summed E-state index contributed by atoms with van der Waals surface area (Å²) in [7, 11) is 0. The van der Waals surface area contributed by atoms with E-state index in [0.29, 0.717) is 6.04 Å². The molecule has 0 fully saturated rings. The summed E-state index contributed by atoms with van der Waals surface area (Å²) < 4.78 is 0. The van der Waals surface area contributed by atoms with Gasteiger partial charge in [0.1, 0.15) is 0 Å². The fraction of sp³-hybridized carbons (Fsp3) is 0.500. The van der Waals surface area contributed by atoms with Crippen molar-refractivity contribution in [3.8, 4) is 0 Å². The van der Waals surface area contributed by atoms with E-state index in [2.05, 4.69) is 23.5 Å². The molecule has 0 aromatic rings. The molecule has 1 aliphatic rings. The van der Waals surface area contributed by atoms with Gasteiger partial charge in [-0.15, -0.1) is 0 Å². The van der Waals surface area contributed by atoms with Crippen LogP contribution in [0.3, 0.4) is 0 Å². The summed E-state index contributed by atoms with van der Waals surface area (Å²) in [6, 6.07) is 0.330. The van der Waals surface area contributed by atoms with Crippen LogP contribution >= 0.6 is 0 Å². The summed E-state index contributed by atoms with van der Waals surface area (Å²) >= 11 is 0. The van der Waals surface area contributed by atoms with Crippen molar-refractivity contribution < 1.29 is 0 Å². The lowest BCUT2D eigenvalue weighted by Crippen LogP contribution is -2.20. The van der Waals surface area contributed by atoms with Gasteiger partial charge in [-0.05, 0) is 19.9 Å². The van der Waals surface area contributed by atoms with E-state index in [4.69, 9.17) is 0 Å². The second-order valence-electron chi connectivity index (χ2n) is 2.49. The van der Waals surface area contributed by atoms with Gasteiger partial charge in [0.2, 0.25) is 0 Å². The highest BCUT2D eigenvalue weighted by molar-refractivity contribution is 6.45. The van der Waals surface area contributed by atoms with Crippen LogP contribution in [-0.4, -0.2) is 24.0 Å². The Bertz CT molecular complexity index is 201. The molecule has 2 nitrogen and oxygen atoms in total. The van der Waals surface area contributed by atoms with Crippen LogP contribution < -0.4 is 0 Å². The first-order valence-electron chi connectivity index (χ1n) is 3.45. The number of hydrogen-bond donors (Lipinski definition) is 0. The maximum Gasteiger partial charge on any atom is 0.0779 e. The van der Waals surface area contributed by atoms with Crippen LogP contribution in [0.15, 0.2) is 22.6 Å². The van der Waals surface area contributed by atoms with Gasteiger partial charge in [0, 0.05) is 0 Å². The first kappa shape index (κ1) is 7.19. The Morgan fingerprint density at radius 1 is 1.70 bits per heavy atom. The van der Waals surface area contributed by atoms with Gasteiger partial charge in [-0.25, -0.2) is 0 Å². The van der Waals surface area contributed by atoms with Crippen molar-refractivity contribution in [1.82, 2.24) is 0 Å². The van der Waals surface area contributed by atoms with Gasteiger partial charge in [0.15, 0.2) is 0 Å². The van der Waals surface area contributed by atoms with Gasteiger partial charge in [-0.3, -0.25) is 9.98 Å². The summed E-state index contributed by atoms with van der Waals surface area (Å²) in [4.78, 5) is 8.63. The topological polar surface area (TPSA) is 24.7 Å². The minimum Gasteiger partial charge on any atom is -0.286 e. The molecule has 1 aliphatic heterocycles. The lowest BCUT2D eigenvalue weighted by atomic mass is 10.2. The molecule has 10 heavy (non-hydrogen) atoms. The van der Waals surface area contributed by atoms with Crippen molar-refractivity contribution in [2.75, 3.05) is 6.54 Å². The summed E-state index contributed by atoms with van der Waals surface area (Å²) in [5.41, 5.74) is 1.95. The Hall–Kier alpha value is -0.920. The third-order valence-electron chi connectivity index (χ3n) is 1.52. The molecule has 2 heteroatoms. The largest absolute Gasteiger partial charge is 0.286 e. The molecule has 0 N–H and O–H groups in total. The molecule has 0 saturated carbocycles. The van der Waals surface area contributed by atoms with E-state index in [1.54, 1.807) is 6.08 Å². The highest BCUT2D eigenvalue weighted by Crippen LogP contribution is 2.01. The fourth-order valence-corrected chi connectivity index (χ4v) is 0.922. The molecule has 1 rings (SSSR count). The number of aliphatic imine (C=N–C) groups is 2. The van der Waals surface area contributed by atoms with E-state index >= 15 is 0 Å². The molecule has 0 radical (unpaired) electrons. The molecule has 54 valence electrons. The number of nitrogens with zero attached hydrogens (tertiary/aromatic N) is 2. The van der Waals surface area contributed by atoms with E-state index in [0.717, 1.165) is 18.0 Å². The maximum absolute atomic E-state index is 4.35. The van der Waals surface area contributed by atoms with Crippen LogP contribution in [0.2, 0.25) is 0 Å². The summed E-state index contributed by atoms with van der Waals surface area (Å²) in [6.07, 6.45) is 1.76. The number of rotatable bonds is 1. The zero-order chi connectivity index (χ0) is 7.56. The van der Waals surface area contributed by atoms with Crippen molar-refractivity contribution >= 4 is 11.4 Å². The number of allylic oxidation sites excluding steroid dienone is 1. The SMILES string of the molecule is C=CC1=NC(C)CN=C1C. The second kappa shape index (κ2) is 2.78. The first-order valence-corrected chi connectivity index (χ1v) is 3.45. The van der Waals surface area contributed by atoms with Crippen molar-refractivity contribution in [2.24, 2.45) is 9.98 Å². The summed E-state index contributed by atoms with van der Waals surface area (Å²) in [5.74, 6) is 0. The van der Waals surface area contributed by atoms with E-state index in [1.807, 2.05) is 6.92 Å². The van der Waals surface area contributed by atoms with Crippen molar-refractivity contribution in [2.45, 2.75) is 19.9 Å². The normalized spacial score (nSPS) is 25.2.